The molecule has 20 heavy (non-hydrogen) atoms. The van der Waals surface area contributed by atoms with Gasteiger partial charge in [0.25, 0.3) is 5.91 Å². The summed E-state index contributed by atoms with van der Waals surface area (Å²) in [7, 11) is 0. The monoisotopic (exact) mass is 352 g/mol. The zero-order chi connectivity index (χ0) is 14.9. The predicted octanol–water partition coefficient (Wildman–Crippen LogP) is 4.20. The maximum atomic E-state index is 12.4. The Labute approximate surface area is 131 Å². The molecule has 0 aliphatic heterocycles. The van der Waals surface area contributed by atoms with E-state index in [4.69, 9.17) is 5.73 Å². The molecule has 0 saturated heterocycles. The van der Waals surface area contributed by atoms with Gasteiger partial charge in [-0.05, 0) is 50.6 Å². The predicted molar refractivity (Wildman–Crippen MR) is 88.2 cm³/mol. The Kier molecular flexibility index (Phi) is 4.50. The van der Waals surface area contributed by atoms with Crippen LogP contribution in [0.4, 0.5) is 5.69 Å². The second-order valence-corrected chi connectivity index (χ2v) is 7.05. The summed E-state index contributed by atoms with van der Waals surface area (Å²) in [5.74, 6) is -0.103. The third kappa shape index (κ3) is 3.22. The highest BCUT2D eigenvalue weighted by molar-refractivity contribution is 9.10. The molecule has 0 radical (unpaired) electrons. The van der Waals surface area contributed by atoms with Crippen LogP contribution in [0.2, 0.25) is 0 Å². The van der Waals surface area contributed by atoms with Gasteiger partial charge in [0, 0.05) is 25.5 Å². The van der Waals surface area contributed by atoms with E-state index in [0.717, 1.165) is 14.9 Å². The van der Waals surface area contributed by atoms with Crippen LogP contribution in [0.5, 0.6) is 0 Å². The number of rotatable bonds is 3. The zero-order valence-electron chi connectivity index (χ0n) is 11.7. The molecule has 1 heterocycles. The highest BCUT2D eigenvalue weighted by atomic mass is 79.9. The molecule has 1 atom stereocenters. The molecule has 3 nitrogen and oxygen atoms in total. The summed E-state index contributed by atoms with van der Waals surface area (Å²) >= 11 is 5.07. The minimum atomic E-state index is -0.103. The van der Waals surface area contributed by atoms with Crippen LogP contribution < -0.4 is 11.1 Å². The molecule has 2 rings (SSSR count). The molecular weight excluding hydrogens is 336 g/mol. The first-order chi connectivity index (χ1) is 9.38. The lowest BCUT2D eigenvalue weighted by atomic mass is 10.1. The molecule has 0 saturated carbocycles. The third-order valence-electron chi connectivity index (χ3n) is 3.19. The Morgan fingerprint density at radius 3 is 2.65 bits per heavy atom. The molecule has 1 aromatic carbocycles. The number of benzene rings is 1. The molecule has 0 aliphatic carbocycles. The largest absolute Gasteiger partial charge is 0.398 e. The highest BCUT2D eigenvalue weighted by Gasteiger charge is 2.16. The lowest BCUT2D eigenvalue weighted by molar-refractivity contribution is 0.0940. The first-order valence-electron chi connectivity index (χ1n) is 6.31. The second kappa shape index (κ2) is 5.97. The van der Waals surface area contributed by atoms with Gasteiger partial charge in [-0.2, -0.15) is 0 Å². The van der Waals surface area contributed by atoms with Crippen LogP contribution in [0.3, 0.4) is 0 Å². The summed E-state index contributed by atoms with van der Waals surface area (Å²) in [5.41, 5.74) is 7.93. The van der Waals surface area contributed by atoms with Crippen molar-refractivity contribution in [1.29, 1.82) is 0 Å². The molecule has 3 N–H and O–H groups in total. The Morgan fingerprint density at radius 1 is 1.35 bits per heavy atom. The van der Waals surface area contributed by atoms with Crippen LogP contribution in [-0.4, -0.2) is 5.91 Å². The third-order valence-corrected chi connectivity index (χ3v) is 4.83. The Hall–Kier alpha value is -1.33. The number of anilines is 1. The van der Waals surface area contributed by atoms with E-state index < -0.39 is 0 Å². The Bertz CT molecular complexity index is 651. The first-order valence-corrected chi connectivity index (χ1v) is 7.92. The van der Waals surface area contributed by atoms with Crippen LogP contribution in [0.1, 0.15) is 38.6 Å². The fourth-order valence-corrected chi connectivity index (χ4v) is 3.32. The van der Waals surface area contributed by atoms with Gasteiger partial charge in [0.1, 0.15) is 0 Å². The summed E-state index contributed by atoms with van der Waals surface area (Å²) in [5, 5.41) is 3.02. The summed E-state index contributed by atoms with van der Waals surface area (Å²) in [6.45, 7) is 5.90. The molecule has 0 fully saturated rings. The van der Waals surface area contributed by atoms with Crippen molar-refractivity contribution in [3.8, 4) is 0 Å². The average Bonchev–Trinajstić information content (AvgIpc) is 2.80. The van der Waals surface area contributed by atoms with Gasteiger partial charge in [0.05, 0.1) is 6.04 Å². The van der Waals surface area contributed by atoms with Crippen molar-refractivity contribution in [3.63, 3.8) is 0 Å². The topological polar surface area (TPSA) is 55.1 Å². The van der Waals surface area contributed by atoms with Gasteiger partial charge in [0.15, 0.2) is 0 Å². The number of carbonyl (C=O) groups is 1. The molecule has 0 aliphatic rings. The molecule has 1 unspecified atom stereocenters. The number of halogens is 1. The molecule has 1 aromatic heterocycles. The quantitative estimate of drug-likeness (QED) is 0.813. The van der Waals surface area contributed by atoms with Gasteiger partial charge in [-0.25, -0.2) is 0 Å². The van der Waals surface area contributed by atoms with E-state index in [0.29, 0.717) is 11.3 Å². The van der Waals surface area contributed by atoms with Crippen molar-refractivity contribution in [2.75, 3.05) is 5.73 Å². The molecular formula is C15H17BrN2OS. The summed E-state index contributed by atoms with van der Waals surface area (Å²) in [6, 6.07) is 7.70. The Morgan fingerprint density at radius 2 is 2.05 bits per heavy atom. The van der Waals surface area contributed by atoms with Gasteiger partial charge in [0.2, 0.25) is 0 Å². The van der Waals surface area contributed by atoms with Gasteiger partial charge in [-0.1, -0.05) is 15.9 Å². The van der Waals surface area contributed by atoms with Gasteiger partial charge in [-0.15, -0.1) is 11.3 Å². The summed E-state index contributed by atoms with van der Waals surface area (Å²) in [4.78, 5) is 14.8. The number of nitrogens with two attached hydrogens (primary N) is 1. The number of nitrogen functional groups attached to an aromatic ring is 1. The van der Waals surface area contributed by atoms with E-state index in [9.17, 15) is 4.79 Å². The van der Waals surface area contributed by atoms with E-state index in [-0.39, 0.29) is 11.9 Å². The van der Waals surface area contributed by atoms with Crippen LogP contribution in [0.25, 0.3) is 0 Å². The van der Waals surface area contributed by atoms with Crippen LogP contribution in [-0.2, 0) is 0 Å². The van der Waals surface area contributed by atoms with Crippen LogP contribution in [0.15, 0.2) is 28.7 Å². The van der Waals surface area contributed by atoms with Crippen molar-refractivity contribution >= 4 is 38.9 Å². The van der Waals surface area contributed by atoms with Crippen molar-refractivity contribution < 1.29 is 4.79 Å². The minimum Gasteiger partial charge on any atom is -0.398 e. The number of amides is 1. The second-order valence-electron chi connectivity index (χ2n) is 4.81. The lowest BCUT2D eigenvalue weighted by Crippen LogP contribution is -2.27. The number of nitrogens with one attached hydrogen (secondary N) is 1. The smallest absolute Gasteiger partial charge is 0.252 e. The van der Waals surface area contributed by atoms with E-state index >= 15 is 0 Å². The normalized spacial score (nSPS) is 12.2. The number of thiophene rings is 1. The van der Waals surface area contributed by atoms with E-state index in [1.165, 1.54) is 4.88 Å². The fourth-order valence-electron chi connectivity index (χ4n) is 1.97. The van der Waals surface area contributed by atoms with E-state index in [1.807, 2.05) is 19.9 Å². The molecule has 106 valence electrons. The maximum absolute atomic E-state index is 12.4. The minimum absolute atomic E-state index is 0.0131. The van der Waals surface area contributed by atoms with Crippen LogP contribution >= 0.6 is 27.3 Å². The first kappa shape index (κ1) is 15.1. The SMILES string of the molecule is Cc1ccc(C(C)NC(=O)c2cc(Br)cc(N)c2C)s1. The van der Waals surface area contributed by atoms with Crippen molar-refractivity contribution in [1.82, 2.24) is 5.32 Å². The van der Waals surface area contributed by atoms with Crippen molar-refractivity contribution in [3.05, 3.63) is 49.6 Å². The number of hydrogen-bond acceptors (Lipinski definition) is 3. The standard InChI is InChI=1S/C15H17BrN2OS/c1-8-4-5-14(20-8)10(3)18-15(19)12-6-11(16)7-13(17)9(12)2/h4-7,10H,17H2,1-3H3,(H,18,19). The average molecular weight is 353 g/mol. The number of hydrogen-bond donors (Lipinski definition) is 2. The van der Waals surface area contributed by atoms with Gasteiger partial charge in [-0.3, -0.25) is 4.79 Å². The molecule has 0 spiro atoms. The van der Waals surface area contributed by atoms with Gasteiger partial charge < -0.3 is 11.1 Å². The fraction of sp³-hybridized carbons (Fsp3) is 0.267. The number of carbonyl (C=O) groups excluding carboxylic acids is 1. The maximum Gasteiger partial charge on any atom is 0.252 e. The van der Waals surface area contributed by atoms with E-state index in [1.54, 1.807) is 23.5 Å². The molecule has 1 amide bonds. The number of aryl methyl sites for hydroxylation is 1. The van der Waals surface area contributed by atoms with Gasteiger partial charge >= 0.3 is 0 Å². The lowest BCUT2D eigenvalue weighted by Gasteiger charge is -2.15. The highest BCUT2D eigenvalue weighted by Crippen LogP contribution is 2.25. The summed E-state index contributed by atoms with van der Waals surface area (Å²) in [6.07, 6.45) is 0. The Balaban J connectivity index is 2.20. The van der Waals surface area contributed by atoms with Crippen molar-refractivity contribution in [2.45, 2.75) is 26.8 Å². The van der Waals surface area contributed by atoms with Crippen molar-refractivity contribution in [2.24, 2.45) is 0 Å². The van der Waals surface area contributed by atoms with E-state index in [2.05, 4.69) is 34.2 Å². The molecule has 2 aromatic rings. The van der Waals surface area contributed by atoms with Crippen LogP contribution in [0, 0.1) is 13.8 Å². The molecule has 0 bridgehead atoms. The molecule has 5 heteroatoms. The summed E-state index contributed by atoms with van der Waals surface area (Å²) < 4.78 is 0.811. The zero-order valence-corrected chi connectivity index (χ0v) is 14.1.